The number of ether oxygens (including phenoxy) is 1. The second kappa shape index (κ2) is 12.0. The largest absolute Gasteiger partial charge is 0.437 e. The van der Waals surface area contributed by atoms with Gasteiger partial charge in [0.25, 0.3) is 0 Å². The van der Waals surface area contributed by atoms with Crippen LogP contribution in [0.1, 0.15) is 64.7 Å². The molecule has 0 aliphatic rings. The van der Waals surface area contributed by atoms with Crippen LogP contribution in [0, 0.1) is 0 Å². The summed E-state index contributed by atoms with van der Waals surface area (Å²) >= 11 is 0. The second-order valence-electron chi connectivity index (χ2n) is 7.43. The number of benzene rings is 1. The van der Waals surface area contributed by atoms with Crippen molar-refractivity contribution in [2.45, 2.75) is 64.7 Å². The van der Waals surface area contributed by atoms with Crippen molar-refractivity contribution >= 4 is 16.7 Å². The van der Waals surface area contributed by atoms with Crippen LogP contribution in [0.3, 0.4) is 0 Å². The van der Waals surface area contributed by atoms with Gasteiger partial charge >= 0.3 is 0 Å². The van der Waals surface area contributed by atoms with E-state index < -0.39 is 0 Å². The predicted octanol–water partition coefficient (Wildman–Crippen LogP) is 6.76. The average Bonchev–Trinajstić information content (AvgIpc) is 2.76. The normalized spacial score (nSPS) is 10.9. The van der Waals surface area contributed by atoms with Gasteiger partial charge in [-0.15, -0.1) is 0 Å². The van der Waals surface area contributed by atoms with Gasteiger partial charge in [-0.25, -0.2) is 9.97 Å². The van der Waals surface area contributed by atoms with Crippen LogP contribution in [0.2, 0.25) is 0 Å². The Hall–Kier alpha value is -2.69. The van der Waals surface area contributed by atoms with Crippen LogP contribution in [-0.2, 0) is 0 Å². The SMILES string of the molecule is CCCCCCCCCCCNc1cc(Oc2cccc3cccnc23)ncn1. The lowest BCUT2D eigenvalue weighted by atomic mass is 10.1. The van der Waals surface area contributed by atoms with Crippen molar-refractivity contribution in [2.24, 2.45) is 0 Å². The standard InChI is InChI=1S/C24H32N4O/c1-2-3-4-5-6-7-8-9-10-16-25-22-18-23(28-19-27-22)29-21-15-11-13-20-14-12-17-26-24(20)21/h11-15,17-19H,2-10,16H2,1H3,(H,25,27,28). The first kappa shape index (κ1) is 21.0. The maximum atomic E-state index is 5.98. The zero-order valence-corrected chi connectivity index (χ0v) is 17.4. The van der Waals surface area contributed by atoms with Gasteiger partial charge in [-0.2, -0.15) is 0 Å². The molecule has 3 aromatic rings. The highest BCUT2D eigenvalue weighted by atomic mass is 16.5. The first-order chi connectivity index (χ1) is 14.4. The van der Waals surface area contributed by atoms with E-state index >= 15 is 0 Å². The Morgan fingerprint density at radius 2 is 1.59 bits per heavy atom. The lowest BCUT2D eigenvalue weighted by molar-refractivity contribution is 0.466. The smallest absolute Gasteiger partial charge is 0.224 e. The predicted molar refractivity (Wildman–Crippen MR) is 120 cm³/mol. The molecule has 154 valence electrons. The quantitative estimate of drug-likeness (QED) is 0.326. The molecule has 1 N–H and O–H groups in total. The molecule has 5 heteroatoms. The van der Waals surface area contributed by atoms with Gasteiger partial charge in [0.2, 0.25) is 5.88 Å². The minimum atomic E-state index is 0.521. The van der Waals surface area contributed by atoms with Crippen molar-refractivity contribution in [1.82, 2.24) is 15.0 Å². The molecule has 29 heavy (non-hydrogen) atoms. The Morgan fingerprint density at radius 3 is 2.41 bits per heavy atom. The van der Waals surface area contributed by atoms with Crippen LogP contribution < -0.4 is 10.1 Å². The summed E-state index contributed by atoms with van der Waals surface area (Å²) in [7, 11) is 0. The summed E-state index contributed by atoms with van der Waals surface area (Å²) in [5.74, 6) is 2.02. The average molecular weight is 393 g/mol. The Kier molecular flexibility index (Phi) is 8.70. The molecule has 0 radical (unpaired) electrons. The number of hydrogen-bond donors (Lipinski definition) is 1. The van der Waals surface area contributed by atoms with Crippen LogP contribution in [0.15, 0.2) is 48.9 Å². The fraction of sp³-hybridized carbons (Fsp3) is 0.458. The fourth-order valence-corrected chi connectivity index (χ4v) is 3.42. The number of nitrogens with zero attached hydrogens (tertiary/aromatic N) is 3. The van der Waals surface area contributed by atoms with Crippen LogP contribution in [0.25, 0.3) is 10.9 Å². The highest BCUT2D eigenvalue weighted by Crippen LogP contribution is 2.27. The molecule has 0 saturated carbocycles. The van der Waals surface area contributed by atoms with Gasteiger partial charge in [-0.05, 0) is 18.6 Å². The minimum absolute atomic E-state index is 0.521. The Labute approximate surface area is 174 Å². The molecule has 3 rings (SSSR count). The van der Waals surface area contributed by atoms with E-state index in [-0.39, 0.29) is 0 Å². The molecule has 0 bridgehead atoms. The molecule has 5 nitrogen and oxygen atoms in total. The van der Waals surface area contributed by atoms with Crippen molar-refractivity contribution in [1.29, 1.82) is 0 Å². The van der Waals surface area contributed by atoms with Crippen LogP contribution in [0.4, 0.5) is 5.82 Å². The lowest BCUT2D eigenvalue weighted by Gasteiger charge is -2.09. The first-order valence-corrected chi connectivity index (χ1v) is 10.9. The maximum Gasteiger partial charge on any atom is 0.224 e. The number of rotatable bonds is 13. The Bertz CT molecular complexity index is 863. The molecule has 0 aliphatic carbocycles. The highest BCUT2D eigenvalue weighted by molar-refractivity contribution is 5.84. The number of hydrogen-bond acceptors (Lipinski definition) is 5. The van der Waals surface area contributed by atoms with E-state index in [1.807, 2.05) is 36.4 Å². The third-order valence-corrected chi connectivity index (χ3v) is 5.04. The third-order valence-electron chi connectivity index (χ3n) is 5.04. The summed E-state index contributed by atoms with van der Waals surface area (Å²) in [4.78, 5) is 13.0. The van der Waals surface area contributed by atoms with Crippen molar-refractivity contribution in [3.05, 3.63) is 48.9 Å². The highest BCUT2D eigenvalue weighted by Gasteiger charge is 2.06. The zero-order valence-electron chi connectivity index (χ0n) is 17.4. The van der Waals surface area contributed by atoms with E-state index in [9.17, 15) is 0 Å². The Balaban J connectivity index is 1.41. The molecular weight excluding hydrogens is 360 g/mol. The molecule has 0 amide bonds. The molecule has 0 fully saturated rings. The van der Waals surface area contributed by atoms with Gasteiger partial charge < -0.3 is 10.1 Å². The zero-order chi connectivity index (χ0) is 20.2. The molecule has 0 saturated heterocycles. The topological polar surface area (TPSA) is 59.9 Å². The monoisotopic (exact) mass is 392 g/mol. The number of aromatic nitrogens is 3. The molecule has 0 spiro atoms. The van der Waals surface area contributed by atoms with E-state index in [0.717, 1.165) is 29.7 Å². The van der Waals surface area contributed by atoms with Gasteiger partial charge in [0, 0.05) is 24.2 Å². The first-order valence-electron chi connectivity index (χ1n) is 10.9. The van der Waals surface area contributed by atoms with Crippen molar-refractivity contribution in [3.8, 4) is 11.6 Å². The van der Waals surface area contributed by atoms with E-state index in [4.69, 9.17) is 4.74 Å². The second-order valence-corrected chi connectivity index (χ2v) is 7.43. The van der Waals surface area contributed by atoms with Crippen LogP contribution in [0.5, 0.6) is 11.6 Å². The van der Waals surface area contributed by atoms with Crippen LogP contribution in [-0.4, -0.2) is 21.5 Å². The molecular formula is C24H32N4O. The van der Waals surface area contributed by atoms with Crippen molar-refractivity contribution in [3.63, 3.8) is 0 Å². The van der Waals surface area contributed by atoms with Crippen LogP contribution >= 0.6 is 0 Å². The van der Waals surface area contributed by atoms with E-state index in [1.165, 1.54) is 57.7 Å². The van der Waals surface area contributed by atoms with Gasteiger partial charge in [0.05, 0.1) is 0 Å². The number of unbranched alkanes of at least 4 members (excludes halogenated alkanes) is 8. The summed E-state index contributed by atoms with van der Waals surface area (Å²) in [6, 6.07) is 11.7. The number of para-hydroxylation sites is 1. The molecule has 2 aromatic heterocycles. The number of fused-ring (bicyclic) bond motifs is 1. The lowest BCUT2D eigenvalue weighted by Crippen LogP contribution is -2.04. The molecule has 1 aromatic carbocycles. The summed E-state index contributed by atoms with van der Waals surface area (Å²) in [6.45, 7) is 3.18. The summed E-state index contributed by atoms with van der Waals surface area (Å²) in [5.41, 5.74) is 0.831. The summed E-state index contributed by atoms with van der Waals surface area (Å²) in [5, 5.41) is 4.42. The fourth-order valence-electron chi connectivity index (χ4n) is 3.42. The summed E-state index contributed by atoms with van der Waals surface area (Å²) < 4.78 is 5.98. The molecule has 0 aliphatic heterocycles. The van der Waals surface area contributed by atoms with Gasteiger partial charge in [-0.3, -0.25) is 4.98 Å². The maximum absolute atomic E-state index is 5.98. The Morgan fingerprint density at radius 1 is 0.828 bits per heavy atom. The van der Waals surface area contributed by atoms with Crippen molar-refractivity contribution in [2.75, 3.05) is 11.9 Å². The number of anilines is 1. The minimum Gasteiger partial charge on any atom is -0.437 e. The van der Waals surface area contributed by atoms with Gasteiger partial charge in [-0.1, -0.05) is 76.5 Å². The molecule has 2 heterocycles. The molecule has 0 atom stereocenters. The number of nitrogens with one attached hydrogen (secondary N) is 1. The number of pyridine rings is 1. The summed E-state index contributed by atoms with van der Waals surface area (Å²) in [6.07, 6.45) is 15.3. The molecule has 0 unspecified atom stereocenters. The van der Waals surface area contributed by atoms with E-state index in [1.54, 1.807) is 6.20 Å². The van der Waals surface area contributed by atoms with Crippen molar-refractivity contribution < 1.29 is 4.74 Å². The third kappa shape index (κ3) is 7.00. The van der Waals surface area contributed by atoms with Gasteiger partial charge in [0.1, 0.15) is 17.7 Å². The van der Waals surface area contributed by atoms with E-state index in [0.29, 0.717) is 11.6 Å². The van der Waals surface area contributed by atoms with E-state index in [2.05, 4.69) is 27.2 Å². The van der Waals surface area contributed by atoms with Gasteiger partial charge in [0.15, 0.2) is 5.75 Å².